The van der Waals surface area contributed by atoms with E-state index >= 15 is 0 Å². The highest BCUT2D eigenvalue weighted by atomic mass is 32.1. The van der Waals surface area contributed by atoms with Gasteiger partial charge in [-0.05, 0) is 6.42 Å². The summed E-state index contributed by atoms with van der Waals surface area (Å²) >= 11 is 1.63. The second-order valence-electron chi connectivity index (χ2n) is 3.97. The van der Waals surface area contributed by atoms with Crippen LogP contribution in [0.15, 0.2) is 5.38 Å². The number of carbonyl (C=O) groups is 1. The van der Waals surface area contributed by atoms with E-state index in [0.717, 1.165) is 17.4 Å². The van der Waals surface area contributed by atoms with E-state index in [1.807, 2.05) is 5.38 Å². The highest BCUT2D eigenvalue weighted by Crippen LogP contribution is 2.20. The van der Waals surface area contributed by atoms with E-state index < -0.39 is 0 Å². The molecule has 0 aliphatic carbocycles. The minimum absolute atomic E-state index is 0.182. The summed E-state index contributed by atoms with van der Waals surface area (Å²) in [5.74, 6) is -0.182. The maximum absolute atomic E-state index is 11.0. The summed E-state index contributed by atoms with van der Waals surface area (Å²) in [6, 6.07) is 0. The smallest absolute Gasteiger partial charge is 0.305 e. The van der Waals surface area contributed by atoms with Crippen molar-refractivity contribution in [2.24, 2.45) is 0 Å². The fraction of sp³-hybridized carbons (Fsp3) is 0.667. The maximum atomic E-state index is 11.0. The van der Waals surface area contributed by atoms with Crippen molar-refractivity contribution in [2.45, 2.75) is 32.6 Å². The predicted octanol–water partition coefficient (Wildman–Crippen LogP) is 2.49. The van der Waals surface area contributed by atoms with Crippen LogP contribution in [-0.4, -0.2) is 31.7 Å². The molecule has 0 atom stereocenters. The lowest BCUT2D eigenvalue weighted by Gasteiger charge is -2.14. The molecule has 0 saturated carbocycles. The molecule has 0 aliphatic rings. The number of hydrogen-bond donors (Lipinski definition) is 0. The van der Waals surface area contributed by atoms with E-state index in [4.69, 9.17) is 0 Å². The minimum Gasteiger partial charge on any atom is -0.469 e. The van der Waals surface area contributed by atoms with Crippen LogP contribution in [0.25, 0.3) is 0 Å². The lowest BCUT2D eigenvalue weighted by molar-refractivity contribution is -0.140. The van der Waals surface area contributed by atoms with Gasteiger partial charge in [0.2, 0.25) is 0 Å². The van der Waals surface area contributed by atoms with Crippen LogP contribution in [-0.2, 0) is 16.0 Å². The van der Waals surface area contributed by atoms with E-state index in [-0.39, 0.29) is 5.97 Å². The molecule has 0 radical (unpaired) electrons. The molecule has 17 heavy (non-hydrogen) atoms. The standard InChI is InChI=1S/C12H20N2O2S/c1-4-5-8-14(2)12-13-10(9-17-12)6-7-11(15)16-3/h9H,4-8H2,1-3H3. The highest BCUT2D eigenvalue weighted by Gasteiger charge is 2.08. The van der Waals surface area contributed by atoms with E-state index in [1.54, 1.807) is 11.3 Å². The van der Waals surface area contributed by atoms with Crippen molar-refractivity contribution >= 4 is 22.4 Å². The van der Waals surface area contributed by atoms with Crippen LogP contribution < -0.4 is 4.90 Å². The SMILES string of the molecule is CCCCN(C)c1nc(CCC(=O)OC)cs1. The number of carbonyl (C=O) groups excluding carboxylic acids is 1. The molecular formula is C12H20N2O2S. The Kier molecular flexibility index (Phi) is 5.97. The number of aromatic nitrogens is 1. The lowest BCUT2D eigenvalue weighted by Crippen LogP contribution is -2.18. The van der Waals surface area contributed by atoms with Gasteiger partial charge in [-0.3, -0.25) is 4.79 Å². The number of methoxy groups -OCH3 is 1. The van der Waals surface area contributed by atoms with E-state index in [0.29, 0.717) is 12.8 Å². The highest BCUT2D eigenvalue weighted by molar-refractivity contribution is 7.13. The summed E-state index contributed by atoms with van der Waals surface area (Å²) in [7, 11) is 3.46. The normalized spacial score (nSPS) is 10.3. The first-order valence-electron chi connectivity index (χ1n) is 5.89. The van der Waals surface area contributed by atoms with E-state index in [2.05, 4.69) is 28.6 Å². The Hall–Kier alpha value is -1.10. The van der Waals surface area contributed by atoms with Crippen molar-refractivity contribution in [3.63, 3.8) is 0 Å². The van der Waals surface area contributed by atoms with Gasteiger partial charge in [-0.15, -0.1) is 11.3 Å². The Balaban J connectivity index is 2.44. The predicted molar refractivity (Wildman–Crippen MR) is 70.6 cm³/mol. The summed E-state index contributed by atoms with van der Waals surface area (Å²) in [5, 5.41) is 3.04. The summed E-state index contributed by atoms with van der Waals surface area (Å²) < 4.78 is 4.61. The topological polar surface area (TPSA) is 42.4 Å². The molecule has 0 spiro atoms. The minimum atomic E-state index is -0.182. The molecule has 0 bridgehead atoms. The number of nitrogens with zero attached hydrogens (tertiary/aromatic N) is 2. The van der Waals surface area contributed by atoms with Crippen molar-refractivity contribution in [3.8, 4) is 0 Å². The molecule has 1 heterocycles. The fourth-order valence-corrected chi connectivity index (χ4v) is 2.26. The largest absolute Gasteiger partial charge is 0.469 e. The van der Waals surface area contributed by atoms with E-state index in [9.17, 15) is 4.79 Å². The second-order valence-corrected chi connectivity index (χ2v) is 4.81. The van der Waals surface area contributed by atoms with Crippen molar-refractivity contribution in [3.05, 3.63) is 11.1 Å². The van der Waals surface area contributed by atoms with Crippen LogP contribution in [0, 0.1) is 0 Å². The molecule has 1 aromatic heterocycles. The number of rotatable bonds is 7. The van der Waals surface area contributed by atoms with Crippen molar-refractivity contribution in [1.29, 1.82) is 0 Å². The Morgan fingerprint density at radius 2 is 2.35 bits per heavy atom. The Morgan fingerprint density at radius 3 is 3.00 bits per heavy atom. The van der Waals surface area contributed by atoms with Gasteiger partial charge in [0, 0.05) is 25.4 Å². The van der Waals surface area contributed by atoms with Crippen LogP contribution in [0.2, 0.25) is 0 Å². The molecule has 1 aromatic rings. The number of ether oxygens (including phenoxy) is 1. The van der Waals surface area contributed by atoms with Gasteiger partial charge in [0.25, 0.3) is 0 Å². The molecule has 0 unspecified atom stereocenters. The first kappa shape index (κ1) is 14.0. The molecule has 1 rings (SSSR count). The van der Waals surface area contributed by atoms with Crippen LogP contribution in [0.5, 0.6) is 0 Å². The molecule has 0 saturated heterocycles. The second kappa shape index (κ2) is 7.27. The number of thiazole rings is 1. The van der Waals surface area contributed by atoms with Gasteiger partial charge in [-0.25, -0.2) is 4.98 Å². The van der Waals surface area contributed by atoms with Crippen molar-refractivity contribution < 1.29 is 9.53 Å². The number of esters is 1. The molecule has 0 aliphatic heterocycles. The quantitative estimate of drug-likeness (QED) is 0.703. The first-order valence-corrected chi connectivity index (χ1v) is 6.77. The summed E-state index contributed by atoms with van der Waals surface area (Å²) in [6.45, 7) is 3.21. The first-order chi connectivity index (χ1) is 8.17. The third kappa shape index (κ3) is 4.73. The molecule has 5 heteroatoms. The third-order valence-corrected chi connectivity index (χ3v) is 3.53. The van der Waals surface area contributed by atoms with Gasteiger partial charge < -0.3 is 9.64 Å². The van der Waals surface area contributed by atoms with Crippen LogP contribution in [0.3, 0.4) is 0 Å². The summed E-state index contributed by atoms with van der Waals surface area (Å²) in [5.41, 5.74) is 0.971. The number of anilines is 1. The molecule has 0 fully saturated rings. The van der Waals surface area contributed by atoms with Crippen LogP contribution >= 0.6 is 11.3 Å². The zero-order valence-electron chi connectivity index (χ0n) is 10.7. The van der Waals surface area contributed by atoms with Crippen molar-refractivity contribution in [2.75, 3.05) is 25.6 Å². The maximum Gasteiger partial charge on any atom is 0.305 e. The number of hydrogen-bond acceptors (Lipinski definition) is 5. The average Bonchev–Trinajstić information content (AvgIpc) is 2.81. The van der Waals surface area contributed by atoms with Gasteiger partial charge in [-0.2, -0.15) is 0 Å². The molecule has 0 N–H and O–H groups in total. The Morgan fingerprint density at radius 1 is 1.59 bits per heavy atom. The zero-order valence-corrected chi connectivity index (χ0v) is 11.5. The zero-order chi connectivity index (χ0) is 12.7. The Labute approximate surface area is 107 Å². The van der Waals surface area contributed by atoms with Gasteiger partial charge in [0.15, 0.2) is 5.13 Å². The van der Waals surface area contributed by atoms with Gasteiger partial charge in [0.05, 0.1) is 19.2 Å². The van der Waals surface area contributed by atoms with Crippen LogP contribution in [0.1, 0.15) is 31.9 Å². The molecule has 4 nitrogen and oxygen atoms in total. The number of aryl methyl sites for hydroxylation is 1. The fourth-order valence-electron chi connectivity index (χ4n) is 1.41. The summed E-state index contributed by atoms with van der Waals surface area (Å²) in [6.07, 6.45) is 3.42. The van der Waals surface area contributed by atoms with Crippen molar-refractivity contribution in [1.82, 2.24) is 4.98 Å². The molecule has 0 aromatic carbocycles. The Bertz CT molecular complexity index is 352. The monoisotopic (exact) mass is 256 g/mol. The lowest BCUT2D eigenvalue weighted by atomic mass is 10.2. The van der Waals surface area contributed by atoms with Gasteiger partial charge in [0.1, 0.15) is 0 Å². The molecular weight excluding hydrogens is 236 g/mol. The summed E-state index contributed by atoms with van der Waals surface area (Å²) in [4.78, 5) is 17.7. The van der Waals surface area contributed by atoms with Gasteiger partial charge >= 0.3 is 5.97 Å². The van der Waals surface area contributed by atoms with E-state index in [1.165, 1.54) is 20.0 Å². The third-order valence-electron chi connectivity index (χ3n) is 2.53. The number of unbranched alkanes of at least 4 members (excludes halogenated alkanes) is 1. The van der Waals surface area contributed by atoms with Gasteiger partial charge in [-0.1, -0.05) is 13.3 Å². The van der Waals surface area contributed by atoms with Crippen LogP contribution in [0.4, 0.5) is 5.13 Å². The molecule has 96 valence electrons. The average molecular weight is 256 g/mol. The molecule has 0 amide bonds.